The van der Waals surface area contributed by atoms with Crippen molar-refractivity contribution in [2.75, 3.05) is 13.1 Å². The van der Waals surface area contributed by atoms with E-state index in [2.05, 4.69) is 0 Å². The largest absolute Gasteiger partial charge is 0.451 e. The Morgan fingerprint density at radius 3 is 2.67 bits per heavy atom. The summed E-state index contributed by atoms with van der Waals surface area (Å²) >= 11 is 7.62. The monoisotopic (exact) mass is 422 g/mol. The first-order valence-electron chi connectivity index (χ1n) is 8.55. The molecule has 4 nitrogen and oxygen atoms in total. The third-order valence-corrected chi connectivity index (χ3v) is 5.89. The number of rotatable bonds is 4. The van der Waals surface area contributed by atoms with Gasteiger partial charge in [0.2, 0.25) is 0 Å². The van der Waals surface area contributed by atoms with E-state index in [1.54, 1.807) is 16.7 Å². The van der Waals surface area contributed by atoms with Gasteiger partial charge in [-0.15, -0.1) is 24.2 Å². The van der Waals surface area contributed by atoms with E-state index in [-0.39, 0.29) is 24.4 Å². The molecule has 1 fully saturated rings. The Kier molecular flexibility index (Phi) is 6.37. The van der Waals surface area contributed by atoms with Crippen molar-refractivity contribution in [1.29, 1.82) is 0 Å². The number of likely N-dealkylation sites (tertiary alicyclic amines) is 1. The number of para-hydroxylation sites is 1. The fourth-order valence-corrected chi connectivity index (χ4v) is 4.27. The van der Waals surface area contributed by atoms with E-state index < -0.39 is 0 Å². The van der Waals surface area contributed by atoms with E-state index in [1.807, 2.05) is 48.5 Å². The molecule has 2 heterocycles. The molecule has 27 heavy (non-hydrogen) atoms. The number of amides is 1. The smallest absolute Gasteiger partial charge is 0.289 e. The molecule has 142 valence electrons. The number of halogens is 2. The standard InChI is InChI=1S/C20H19ClN2O2S.ClH/c21-13-5-7-15(8-6-13)26-12-17-16-3-1-2-4-18(16)25-19(17)20(24)23-10-9-14(22)11-23;/h1-8,14H,9-12,22H2;1H/t14-;/m1./s1. The molecule has 1 amide bonds. The van der Waals surface area contributed by atoms with Crippen LogP contribution in [0.15, 0.2) is 57.8 Å². The van der Waals surface area contributed by atoms with E-state index in [0.717, 1.165) is 27.8 Å². The minimum absolute atomic E-state index is 0. The van der Waals surface area contributed by atoms with Crippen molar-refractivity contribution in [1.82, 2.24) is 4.90 Å². The zero-order valence-electron chi connectivity index (χ0n) is 14.6. The van der Waals surface area contributed by atoms with E-state index in [1.165, 1.54) is 0 Å². The highest BCUT2D eigenvalue weighted by atomic mass is 35.5. The molecule has 0 saturated carbocycles. The van der Waals surface area contributed by atoms with Crippen molar-refractivity contribution in [3.8, 4) is 0 Å². The molecule has 4 rings (SSSR count). The maximum absolute atomic E-state index is 13.0. The molecule has 2 aromatic carbocycles. The average molecular weight is 423 g/mol. The van der Waals surface area contributed by atoms with Crippen LogP contribution in [-0.2, 0) is 5.75 Å². The quantitative estimate of drug-likeness (QED) is 0.602. The molecule has 0 bridgehead atoms. The Morgan fingerprint density at radius 1 is 1.22 bits per heavy atom. The van der Waals surface area contributed by atoms with Crippen LogP contribution in [0.25, 0.3) is 11.0 Å². The number of hydrogen-bond donors (Lipinski definition) is 1. The van der Waals surface area contributed by atoms with Crippen LogP contribution in [0.3, 0.4) is 0 Å². The highest BCUT2D eigenvalue weighted by Gasteiger charge is 2.29. The number of nitrogens with zero attached hydrogens (tertiary/aromatic N) is 1. The zero-order valence-corrected chi connectivity index (χ0v) is 16.9. The summed E-state index contributed by atoms with van der Waals surface area (Å²) in [5.41, 5.74) is 7.64. The second-order valence-electron chi connectivity index (χ2n) is 6.45. The number of benzene rings is 2. The molecule has 0 aliphatic carbocycles. The van der Waals surface area contributed by atoms with Crippen molar-refractivity contribution >= 4 is 52.6 Å². The van der Waals surface area contributed by atoms with Crippen LogP contribution in [0.4, 0.5) is 0 Å². The molecule has 1 atom stereocenters. The van der Waals surface area contributed by atoms with E-state index in [0.29, 0.717) is 29.6 Å². The SMILES string of the molecule is Cl.N[C@@H]1CCN(C(=O)c2oc3ccccc3c2CSc2ccc(Cl)cc2)C1. The topological polar surface area (TPSA) is 59.5 Å². The van der Waals surface area contributed by atoms with Crippen molar-refractivity contribution in [3.63, 3.8) is 0 Å². The molecular formula is C20H20Cl2N2O2S. The van der Waals surface area contributed by atoms with Gasteiger partial charge in [-0.05, 0) is 36.8 Å². The van der Waals surface area contributed by atoms with Gasteiger partial charge in [0.25, 0.3) is 5.91 Å². The van der Waals surface area contributed by atoms with Gasteiger partial charge in [-0.1, -0.05) is 29.8 Å². The second kappa shape index (κ2) is 8.57. The maximum Gasteiger partial charge on any atom is 0.289 e. The summed E-state index contributed by atoms with van der Waals surface area (Å²) in [5, 5.41) is 1.70. The molecule has 1 aliphatic heterocycles. The van der Waals surface area contributed by atoms with Crippen LogP contribution in [0, 0.1) is 0 Å². The molecule has 2 N–H and O–H groups in total. The molecule has 0 unspecified atom stereocenters. The number of thioether (sulfide) groups is 1. The molecule has 0 spiro atoms. The van der Waals surface area contributed by atoms with E-state index in [4.69, 9.17) is 21.8 Å². The average Bonchev–Trinajstić information content (AvgIpc) is 3.24. The van der Waals surface area contributed by atoms with Crippen LogP contribution >= 0.6 is 35.8 Å². The molecule has 1 saturated heterocycles. The molecule has 1 aliphatic rings. The maximum atomic E-state index is 13.0. The minimum Gasteiger partial charge on any atom is -0.451 e. The van der Waals surface area contributed by atoms with Crippen LogP contribution in [0.5, 0.6) is 0 Å². The van der Waals surface area contributed by atoms with Gasteiger partial charge in [0, 0.05) is 45.8 Å². The van der Waals surface area contributed by atoms with Gasteiger partial charge in [-0.25, -0.2) is 0 Å². The molecule has 1 aromatic heterocycles. The molecule has 7 heteroatoms. The lowest BCUT2D eigenvalue weighted by Crippen LogP contribution is -2.32. The minimum atomic E-state index is -0.0687. The van der Waals surface area contributed by atoms with E-state index in [9.17, 15) is 4.79 Å². The van der Waals surface area contributed by atoms with Crippen molar-refractivity contribution in [3.05, 3.63) is 64.9 Å². The first kappa shape index (κ1) is 20.1. The Bertz CT molecular complexity index is 943. The van der Waals surface area contributed by atoms with Gasteiger partial charge < -0.3 is 15.1 Å². The molecule has 3 aromatic rings. The predicted octanol–water partition coefficient (Wildman–Crippen LogP) is 4.97. The highest BCUT2D eigenvalue weighted by molar-refractivity contribution is 7.98. The van der Waals surface area contributed by atoms with Gasteiger partial charge in [0.05, 0.1) is 0 Å². The van der Waals surface area contributed by atoms with Gasteiger partial charge in [0.1, 0.15) is 5.58 Å². The van der Waals surface area contributed by atoms with Crippen LogP contribution in [0.1, 0.15) is 22.5 Å². The number of nitrogens with two attached hydrogens (primary N) is 1. The third-order valence-electron chi connectivity index (χ3n) is 4.60. The van der Waals surface area contributed by atoms with Crippen molar-refractivity contribution in [2.45, 2.75) is 23.1 Å². The molecular weight excluding hydrogens is 403 g/mol. The second-order valence-corrected chi connectivity index (χ2v) is 7.93. The van der Waals surface area contributed by atoms with Crippen molar-refractivity contribution < 1.29 is 9.21 Å². The summed E-state index contributed by atoms with van der Waals surface area (Å²) in [5.74, 6) is 1.02. The lowest BCUT2D eigenvalue weighted by molar-refractivity contribution is 0.0760. The molecule has 0 radical (unpaired) electrons. The third kappa shape index (κ3) is 4.27. The van der Waals surface area contributed by atoms with Gasteiger partial charge in [0.15, 0.2) is 5.76 Å². The predicted molar refractivity (Wildman–Crippen MR) is 113 cm³/mol. The van der Waals surface area contributed by atoms with Gasteiger partial charge >= 0.3 is 0 Å². The summed E-state index contributed by atoms with van der Waals surface area (Å²) in [7, 11) is 0. The number of carbonyl (C=O) groups is 1. The normalized spacial score (nSPS) is 16.5. The summed E-state index contributed by atoms with van der Waals surface area (Å²) in [6, 6.07) is 15.5. The van der Waals surface area contributed by atoms with Crippen LogP contribution in [-0.4, -0.2) is 29.9 Å². The number of carbonyl (C=O) groups excluding carboxylic acids is 1. The van der Waals surface area contributed by atoms with Gasteiger partial charge in [-0.3, -0.25) is 4.79 Å². The first-order chi connectivity index (χ1) is 12.6. The summed E-state index contributed by atoms with van der Waals surface area (Å²) in [6.07, 6.45) is 0.834. The van der Waals surface area contributed by atoms with Crippen LogP contribution in [0.2, 0.25) is 5.02 Å². The Morgan fingerprint density at radius 2 is 1.96 bits per heavy atom. The lowest BCUT2D eigenvalue weighted by Gasteiger charge is -2.15. The highest BCUT2D eigenvalue weighted by Crippen LogP contribution is 2.33. The summed E-state index contributed by atoms with van der Waals surface area (Å²) in [4.78, 5) is 15.9. The Hall–Kier alpha value is -1.66. The summed E-state index contributed by atoms with van der Waals surface area (Å²) in [6.45, 7) is 1.26. The number of hydrogen-bond acceptors (Lipinski definition) is 4. The van der Waals surface area contributed by atoms with E-state index >= 15 is 0 Å². The number of furan rings is 1. The fourth-order valence-electron chi connectivity index (χ4n) is 3.22. The number of fused-ring (bicyclic) bond motifs is 1. The first-order valence-corrected chi connectivity index (χ1v) is 9.92. The Balaban J connectivity index is 0.00000210. The Labute approximate surface area is 173 Å². The lowest BCUT2D eigenvalue weighted by atomic mass is 10.1. The van der Waals surface area contributed by atoms with Crippen molar-refractivity contribution in [2.24, 2.45) is 5.73 Å². The summed E-state index contributed by atoms with van der Waals surface area (Å²) < 4.78 is 5.95. The van der Waals surface area contributed by atoms with Crippen LogP contribution < -0.4 is 5.73 Å². The fraction of sp³-hybridized carbons (Fsp3) is 0.250. The zero-order chi connectivity index (χ0) is 18.1. The van der Waals surface area contributed by atoms with Gasteiger partial charge in [-0.2, -0.15) is 0 Å².